The predicted octanol–water partition coefficient (Wildman–Crippen LogP) is 1.32. The summed E-state index contributed by atoms with van der Waals surface area (Å²) in [6, 6.07) is 5.13. The van der Waals surface area contributed by atoms with Crippen molar-refractivity contribution in [2.45, 2.75) is 6.92 Å². The number of likely N-dealkylation sites (N-methyl/N-ethyl adjacent to an activating group) is 1. The molecule has 0 spiro atoms. The van der Waals surface area contributed by atoms with Gasteiger partial charge >= 0.3 is 0 Å². The van der Waals surface area contributed by atoms with E-state index in [4.69, 9.17) is 4.74 Å². The number of nitrogens with zero attached hydrogens (tertiary/aromatic N) is 5. The van der Waals surface area contributed by atoms with Gasteiger partial charge in [-0.15, -0.1) is 5.10 Å². The highest BCUT2D eigenvalue weighted by atomic mass is 16.5. The second-order valence-corrected chi connectivity index (χ2v) is 4.76. The predicted molar refractivity (Wildman–Crippen MR) is 77.5 cm³/mol. The maximum absolute atomic E-state index is 12.4. The van der Waals surface area contributed by atoms with E-state index in [2.05, 4.69) is 22.1 Å². The van der Waals surface area contributed by atoms with Crippen LogP contribution in [-0.2, 0) is 0 Å². The normalized spacial score (nSPS) is 10.2. The highest BCUT2D eigenvalue weighted by Gasteiger charge is 2.15. The molecule has 2 aromatic rings. The average molecular weight is 287 g/mol. The molecular formula is C14H17N5O2. The summed E-state index contributed by atoms with van der Waals surface area (Å²) < 4.78 is 6.73. The van der Waals surface area contributed by atoms with Crippen molar-refractivity contribution >= 4 is 5.91 Å². The molecule has 1 amide bonds. The van der Waals surface area contributed by atoms with Crippen molar-refractivity contribution in [1.82, 2.24) is 25.1 Å². The van der Waals surface area contributed by atoms with E-state index in [0.29, 0.717) is 23.5 Å². The van der Waals surface area contributed by atoms with Gasteiger partial charge < -0.3 is 9.64 Å². The summed E-state index contributed by atoms with van der Waals surface area (Å²) in [5.41, 5.74) is 2.06. The third-order valence-electron chi connectivity index (χ3n) is 2.88. The van der Waals surface area contributed by atoms with Gasteiger partial charge in [0.1, 0.15) is 17.8 Å². The van der Waals surface area contributed by atoms with Crippen LogP contribution in [-0.4, -0.2) is 51.7 Å². The zero-order valence-electron chi connectivity index (χ0n) is 12.3. The monoisotopic (exact) mass is 287 g/mol. The molecular weight excluding hydrogens is 270 g/mol. The van der Waals surface area contributed by atoms with E-state index in [1.807, 2.05) is 6.92 Å². The molecule has 2 rings (SSSR count). The number of tetrazole rings is 1. The third-order valence-corrected chi connectivity index (χ3v) is 2.88. The number of carbonyl (C=O) groups is 1. The molecule has 0 aliphatic carbocycles. The second-order valence-electron chi connectivity index (χ2n) is 4.76. The molecule has 0 saturated heterocycles. The quantitative estimate of drug-likeness (QED) is 0.775. The molecule has 0 unspecified atom stereocenters. The van der Waals surface area contributed by atoms with Gasteiger partial charge in [0, 0.05) is 19.2 Å². The lowest BCUT2D eigenvalue weighted by Gasteiger charge is -2.18. The molecule has 1 aromatic heterocycles. The van der Waals surface area contributed by atoms with Crippen molar-refractivity contribution in [2.24, 2.45) is 0 Å². The van der Waals surface area contributed by atoms with Crippen LogP contribution in [0.25, 0.3) is 5.69 Å². The van der Waals surface area contributed by atoms with Gasteiger partial charge in [-0.05, 0) is 35.5 Å². The number of rotatable bonds is 5. The van der Waals surface area contributed by atoms with Crippen LogP contribution in [0.4, 0.5) is 0 Å². The lowest BCUT2D eigenvalue weighted by Crippen LogP contribution is -2.28. The summed E-state index contributed by atoms with van der Waals surface area (Å²) in [5, 5.41) is 11.0. The molecule has 21 heavy (non-hydrogen) atoms. The van der Waals surface area contributed by atoms with Crippen molar-refractivity contribution in [2.75, 3.05) is 20.7 Å². The SMILES string of the molecule is C=C(C)CN(C)C(=O)c1ccc(OC)c(-n2cnnn2)c1. The van der Waals surface area contributed by atoms with E-state index in [0.717, 1.165) is 5.57 Å². The van der Waals surface area contributed by atoms with Gasteiger partial charge in [-0.1, -0.05) is 12.2 Å². The van der Waals surface area contributed by atoms with Crippen molar-refractivity contribution in [1.29, 1.82) is 0 Å². The van der Waals surface area contributed by atoms with Gasteiger partial charge in [-0.3, -0.25) is 4.79 Å². The lowest BCUT2D eigenvalue weighted by atomic mass is 10.1. The Kier molecular flexibility index (Phi) is 4.32. The summed E-state index contributed by atoms with van der Waals surface area (Å²) in [4.78, 5) is 14.0. The zero-order valence-corrected chi connectivity index (χ0v) is 12.3. The first-order valence-corrected chi connectivity index (χ1v) is 6.34. The minimum atomic E-state index is -0.102. The van der Waals surface area contributed by atoms with Crippen molar-refractivity contribution in [3.63, 3.8) is 0 Å². The average Bonchev–Trinajstić information content (AvgIpc) is 2.99. The van der Waals surface area contributed by atoms with Crippen LogP contribution in [0.15, 0.2) is 36.7 Å². The van der Waals surface area contributed by atoms with Crippen LogP contribution >= 0.6 is 0 Å². The highest BCUT2D eigenvalue weighted by molar-refractivity contribution is 5.95. The molecule has 110 valence electrons. The molecule has 0 N–H and O–H groups in total. The Hall–Kier alpha value is -2.70. The van der Waals surface area contributed by atoms with E-state index in [9.17, 15) is 4.79 Å². The van der Waals surface area contributed by atoms with Crippen LogP contribution < -0.4 is 4.74 Å². The first kappa shape index (κ1) is 14.7. The third kappa shape index (κ3) is 3.25. The molecule has 0 aliphatic rings. The summed E-state index contributed by atoms with van der Waals surface area (Å²) in [5.74, 6) is 0.483. The Bertz CT molecular complexity index is 651. The summed E-state index contributed by atoms with van der Waals surface area (Å²) in [6.07, 6.45) is 1.45. The fourth-order valence-electron chi connectivity index (χ4n) is 1.97. The fraction of sp³-hybridized carbons (Fsp3) is 0.286. The Balaban J connectivity index is 2.36. The van der Waals surface area contributed by atoms with E-state index in [1.165, 1.54) is 11.0 Å². The second kappa shape index (κ2) is 6.17. The Morgan fingerprint density at radius 2 is 2.24 bits per heavy atom. The molecule has 0 atom stereocenters. The first-order chi connectivity index (χ1) is 10.0. The molecule has 0 radical (unpaired) electrons. The van der Waals surface area contributed by atoms with Gasteiger partial charge in [0.05, 0.1) is 7.11 Å². The summed E-state index contributed by atoms with van der Waals surface area (Å²) >= 11 is 0. The molecule has 7 heteroatoms. The van der Waals surface area contributed by atoms with Crippen molar-refractivity contribution in [3.05, 3.63) is 42.2 Å². The van der Waals surface area contributed by atoms with Gasteiger partial charge in [0.15, 0.2) is 0 Å². The van der Waals surface area contributed by atoms with E-state index >= 15 is 0 Å². The maximum atomic E-state index is 12.4. The first-order valence-electron chi connectivity index (χ1n) is 6.34. The van der Waals surface area contributed by atoms with Gasteiger partial charge in [0.2, 0.25) is 0 Å². The number of benzene rings is 1. The topological polar surface area (TPSA) is 73.1 Å². The summed E-state index contributed by atoms with van der Waals surface area (Å²) in [7, 11) is 3.29. The number of methoxy groups -OCH3 is 1. The standard InChI is InChI=1S/C14H17N5O2/c1-10(2)8-18(3)14(20)11-5-6-13(21-4)12(7-11)19-9-15-16-17-19/h5-7,9H,1,8H2,2-4H3. The minimum absolute atomic E-state index is 0.102. The Morgan fingerprint density at radius 3 is 2.81 bits per heavy atom. The van der Waals surface area contributed by atoms with Crippen LogP contribution in [0.3, 0.4) is 0 Å². The van der Waals surface area contributed by atoms with Gasteiger partial charge in [-0.25, -0.2) is 0 Å². The lowest BCUT2D eigenvalue weighted by molar-refractivity contribution is 0.0807. The van der Waals surface area contributed by atoms with Crippen LogP contribution in [0.2, 0.25) is 0 Å². The Morgan fingerprint density at radius 1 is 1.48 bits per heavy atom. The summed E-state index contributed by atoms with van der Waals surface area (Å²) in [6.45, 7) is 6.20. The number of amides is 1. The van der Waals surface area contributed by atoms with Crippen molar-refractivity contribution in [3.8, 4) is 11.4 Å². The maximum Gasteiger partial charge on any atom is 0.253 e. The van der Waals surface area contributed by atoms with Crippen LogP contribution in [0.5, 0.6) is 5.75 Å². The van der Waals surface area contributed by atoms with E-state index < -0.39 is 0 Å². The molecule has 1 heterocycles. The number of aromatic nitrogens is 4. The Labute approximate surface area is 122 Å². The highest BCUT2D eigenvalue weighted by Crippen LogP contribution is 2.23. The van der Waals surface area contributed by atoms with E-state index in [1.54, 1.807) is 37.3 Å². The minimum Gasteiger partial charge on any atom is -0.494 e. The largest absolute Gasteiger partial charge is 0.494 e. The number of hydrogen-bond donors (Lipinski definition) is 0. The molecule has 0 saturated carbocycles. The number of ether oxygens (including phenoxy) is 1. The number of carbonyl (C=O) groups excluding carboxylic acids is 1. The van der Waals surface area contributed by atoms with Gasteiger partial charge in [0.25, 0.3) is 5.91 Å². The van der Waals surface area contributed by atoms with Crippen LogP contribution in [0, 0.1) is 0 Å². The molecule has 0 aliphatic heterocycles. The zero-order chi connectivity index (χ0) is 15.4. The fourth-order valence-corrected chi connectivity index (χ4v) is 1.97. The number of hydrogen-bond acceptors (Lipinski definition) is 5. The van der Waals surface area contributed by atoms with E-state index in [-0.39, 0.29) is 5.91 Å². The molecule has 0 bridgehead atoms. The molecule has 7 nitrogen and oxygen atoms in total. The molecule has 0 fully saturated rings. The van der Waals surface area contributed by atoms with Crippen LogP contribution in [0.1, 0.15) is 17.3 Å². The van der Waals surface area contributed by atoms with Crippen molar-refractivity contribution < 1.29 is 9.53 Å². The van der Waals surface area contributed by atoms with Gasteiger partial charge in [-0.2, -0.15) is 4.68 Å². The smallest absolute Gasteiger partial charge is 0.253 e. The molecule has 1 aromatic carbocycles.